The normalized spacial score (nSPS) is 10.1. The number of thioether (sulfide) groups is 1. The average Bonchev–Trinajstić information content (AvgIpc) is 2.31. The average molecular weight is 308 g/mol. The number of rotatable bonds is 6. The van der Waals surface area contributed by atoms with Gasteiger partial charge in [-0.1, -0.05) is 29.3 Å². The first kappa shape index (κ1) is 15.1. The summed E-state index contributed by atoms with van der Waals surface area (Å²) >= 11 is 12.9. The fourth-order valence-corrected chi connectivity index (χ4v) is 2.12. The van der Waals surface area contributed by atoms with Crippen molar-refractivity contribution >= 4 is 46.8 Å². The molecule has 1 aromatic carbocycles. The third-order valence-corrected chi connectivity index (χ3v) is 3.72. The molecule has 0 unspecified atom stereocenters. The van der Waals surface area contributed by atoms with Gasteiger partial charge in [0.15, 0.2) is 0 Å². The highest BCUT2D eigenvalue weighted by atomic mass is 35.5. The maximum Gasteiger partial charge on any atom is 0.313 e. The number of hydrogen-bond donors (Lipinski definition) is 2. The number of hydrogen-bond acceptors (Lipinski definition) is 3. The number of aliphatic carboxylic acids is 1. The van der Waals surface area contributed by atoms with Crippen LogP contribution in [0.25, 0.3) is 0 Å². The molecular formula is C11H11Cl2NO3S. The second kappa shape index (κ2) is 7.51. The molecule has 0 saturated heterocycles. The van der Waals surface area contributed by atoms with Gasteiger partial charge in [0.1, 0.15) is 0 Å². The molecular weight excluding hydrogens is 297 g/mol. The molecule has 1 amide bonds. The Balaban J connectivity index is 2.41. The minimum Gasteiger partial charge on any atom is -0.481 e. The maximum absolute atomic E-state index is 11.7. The molecule has 0 aliphatic heterocycles. The van der Waals surface area contributed by atoms with Crippen molar-refractivity contribution < 1.29 is 14.7 Å². The molecule has 1 aromatic rings. The van der Waals surface area contributed by atoms with Gasteiger partial charge in [0.2, 0.25) is 0 Å². The lowest BCUT2D eigenvalue weighted by Gasteiger charge is -2.07. The van der Waals surface area contributed by atoms with Crippen molar-refractivity contribution in [3.8, 4) is 0 Å². The van der Waals surface area contributed by atoms with Crippen molar-refractivity contribution in [2.24, 2.45) is 0 Å². The molecule has 0 bridgehead atoms. The Kier molecular flexibility index (Phi) is 6.32. The molecule has 1 rings (SSSR count). The van der Waals surface area contributed by atoms with Crippen LogP contribution in [-0.4, -0.2) is 35.0 Å². The second-order valence-electron chi connectivity index (χ2n) is 3.30. The monoisotopic (exact) mass is 307 g/mol. The zero-order valence-electron chi connectivity index (χ0n) is 9.28. The van der Waals surface area contributed by atoms with Crippen LogP contribution < -0.4 is 5.32 Å². The Morgan fingerprint density at radius 3 is 2.72 bits per heavy atom. The van der Waals surface area contributed by atoms with E-state index in [1.165, 1.54) is 11.8 Å². The summed E-state index contributed by atoms with van der Waals surface area (Å²) in [6, 6.07) is 4.82. The lowest BCUT2D eigenvalue weighted by Crippen LogP contribution is -2.26. The van der Waals surface area contributed by atoms with Crippen LogP contribution in [0.2, 0.25) is 10.0 Å². The van der Waals surface area contributed by atoms with Gasteiger partial charge < -0.3 is 10.4 Å². The van der Waals surface area contributed by atoms with E-state index in [4.69, 9.17) is 28.3 Å². The lowest BCUT2D eigenvalue weighted by atomic mass is 10.2. The molecule has 0 fully saturated rings. The Morgan fingerprint density at radius 2 is 2.06 bits per heavy atom. The highest BCUT2D eigenvalue weighted by Gasteiger charge is 2.11. The van der Waals surface area contributed by atoms with Crippen LogP contribution in [0.15, 0.2) is 18.2 Å². The molecule has 0 atom stereocenters. The summed E-state index contributed by atoms with van der Waals surface area (Å²) in [7, 11) is 0. The predicted octanol–water partition coefficient (Wildman–Crippen LogP) is 2.54. The SMILES string of the molecule is O=C(O)CSCCNC(=O)c1cccc(Cl)c1Cl. The molecule has 4 nitrogen and oxygen atoms in total. The molecule has 7 heteroatoms. The zero-order chi connectivity index (χ0) is 13.5. The van der Waals surface area contributed by atoms with Gasteiger partial charge in [-0.25, -0.2) is 0 Å². The summed E-state index contributed by atoms with van der Waals surface area (Å²) < 4.78 is 0. The van der Waals surface area contributed by atoms with E-state index in [0.717, 1.165) is 0 Å². The first-order chi connectivity index (χ1) is 8.52. The fraction of sp³-hybridized carbons (Fsp3) is 0.273. The predicted molar refractivity (Wildman–Crippen MR) is 73.8 cm³/mol. The van der Waals surface area contributed by atoms with E-state index in [2.05, 4.69) is 5.32 Å². The van der Waals surface area contributed by atoms with Crippen LogP contribution in [0.5, 0.6) is 0 Å². The maximum atomic E-state index is 11.7. The lowest BCUT2D eigenvalue weighted by molar-refractivity contribution is -0.133. The van der Waals surface area contributed by atoms with Gasteiger partial charge in [0, 0.05) is 12.3 Å². The molecule has 0 saturated carbocycles. The largest absolute Gasteiger partial charge is 0.481 e. The Bertz CT molecular complexity index is 454. The minimum absolute atomic E-state index is 0.0216. The van der Waals surface area contributed by atoms with Crippen LogP contribution in [0, 0.1) is 0 Å². The van der Waals surface area contributed by atoms with Crippen molar-refractivity contribution in [3.63, 3.8) is 0 Å². The van der Waals surface area contributed by atoms with Crippen molar-refractivity contribution in [2.45, 2.75) is 0 Å². The van der Waals surface area contributed by atoms with E-state index < -0.39 is 5.97 Å². The first-order valence-corrected chi connectivity index (χ1v) is 6.95. The quantitative estimate of drug-likeness (QED) is 0.793. The number of halogens is 2. The number of carboxylic acids is 1. The van der Waals surface area contributed by atoms with Crippen LogP contribution in [-0.2, 0) is 4.79 Å². The molecule has 0 aliphatic rings. The fourth-order valence-electron chi connectivity index (χ4n) is 1.17. The van der Waals surface area contributed by atoms with E-state index in [1.807, 2.05) is 0 Å². The smallest absolute Gasteiger partial charge is 0.313 e. The van der Waals surface area contributed by atoms with Crippen molar-refractivity contribution in [3.05, 3.63) is 33.8 Å². The number of nitrogens with one attached hydrogen (secondary N) is 1. The Hall–Kier alpha value is -0.910. The van der Waals surface area contributed by atoms with Gasteiger partial charge in [-0.3, -0.25) is 9.59 Å². The standard InChI is InChI=1S/C11H11Cl2NO3S/c12-8-3-1-2-7(10(8)13)11(17)14-4-5-18-6-9(15)16/h1-3H,4-6H2,(H,14,17)(H,15,16). The molecule has 0 heterocycles. The Labute approximate surface area is 119 Å². The van der Waals surface area contributed by atoms with Gasteiger partial charge in [-0.05, 0) is 12.1 Å². The summed E-state index contributed by atoms with van der Waals surface area (Å²) in [6.07, 6.45) is 0. The highest BCUT2D eigenvalue weighted by Crippen LogP contribution is 2.25. The summed E-state index contributed by atoms with van der Waals surface area (Å²) in [5.41, 5.74) is 0.312. The Morgan fingerprint density at radius 1 is 1.33 bits per heavy atom. The zero-order valence-corrected chi connectivity index (χ0v) is 11.6. The third-order valence-electron chi connectivity index (χ3n) is 1.95. The van der Waals surface area contributed by atoms with E-state index in [0.29, 0.717) is 22.9 Å². The van der Waals surface area contributed by atoms with E-state index in [9.17, 15) is 9.59 Å². The third kappa shape index (κ3) is 4.76. The summed E-state index contributed by atoms with van der Waals surface area (Å²) in [6.45, 7) is 0.375. The molecule has 0 aromatic heterocycles. The van der Waals surface area contributed by atoms with Gasteiger partial charge in [-0.15, -0.1) is 11.8 Å². The topological polar surface area (TPSA) is 66.4 Å². The summed E-state index contributed by atoms with van der Waals surface area (Å²) in [5, 5.41) is 11.6. The van der Waals surface area contributed by atoms with Crippen LogP contribution in [0.3, 0.4) is 0 Å². The van der Waals surface area contributed by atoms with Crippen molar-refractivity contribution in [2.75, 3.05) is 18.1 Å². The van der Waals surface area contributed by atoms with Gasteiger partial charge in [-0.2, -0.15) is 0 Å². The van der Waals surface area contributed by atoms with E-state index >= 15 is 0 Å². The van der Waals surface area contributed by atoms with Crippen molar-refractivity contribution in [1.82, 2.24) is 5.32 Å². The molecule has 98 valence electrons. The molecule has 0 radical (unpaired) electrons. The summed E-state index contributed by atoms with van der Waals surface area (Å²) in [5.74, 6) is -0.646. The van der Waals surface area contributed by atoms with Gasteiger partial charge in [0.05, 0.1) is 21.4 Å². The van der Waals surface area contributed by atoms with Gasteiger partial charge in [0.25, 0.3) is 5.91 Å². The summed E-state index contributed by atoms with van der Waals surface area (Å²) in [4.78, 5) is 22.0. The van der Waals surface area contributed by atoms with Crippen LogP contribution in [0.1, 0.15) is 10.4 Å². The van der Waals surface area contributed by atoms with Gasteiger partial charge >= 0.3 is 5.97 Å². The number of carboxylic acid groups (broad SMARTS) is 1. The van der Waals surface area contributed by atoms with Crippen LogP contribution >= 0.6 is 35.0 Å². The molecule has 18 heavy (non-hydrogen) atoms. The first-order valence-electron chi connectivity index (χ1n) is 5.04. The number of carbonyl (C=O) groups is 2. The van der Waals surface area contributed by atoms with Crippen LogP contribution in [0.4, 0.5) is 0 Å². The molecule has 0 spiro atoms. The van der Waals surface area contributed by atoms with E-state index in [1.54, 1.807) is 18.2 Å². The minimum atomic E-state index is -0.871. The number of carbonyl (C=O) groups excluding carboxylic acids is 1. The highest BCUT2D eigenvalue weighted by molar-refractivity contribution is 7.99. The number of amides is 1. The van der Waals surface area contributed by atoms with E-state index in [-0.39, 0.29) is 16.7 Å². The molecule has 0 aliphatic carbocycles. The van der Waals surface area contributed by atoms with Crippen molar-refractivity contribution in [1.29, 1.82) is 0 Å². The second-order valence-corrected chi connectivity index (χ2v) is 5.19. The number of benzene rings is 1. The molecule has 2 N–H and O–H groups in total.